The molecule has 3 aliphatic rings. The van der Waals surface area contributed by atoms with Gasteiger partial charge in [0.25, 0.3) is 0 Å². The molecule has 1 saturated carbocycles. The molecular formula is C21H25FN2O8S. The number of likely N-dealkylation sites (N-methyl/N-ethyl adjacent to an activating group) is 1. The van der Waals surface area contributed by atoms with Crippen molar-refractivity contribution in [2.24, 2.45) is 5.92 Å². The van der Waals surface area contributed by atoms with Crippen LogP contribution < -0.4 is 4.90 Å². The third-order valence-electron chi connectivity index (χ3n) is 6.10. The number of amides is 2. The van der Waals surface area contributed by atoms with Gasteiger partial charge >= 0.3 is 18.2 Å². The lowest BCUT2D eigenvalue weighted by atomic mass is 9.93. The van der Waals surface area contributed by atoms with Gasteiger partial charge in [-0.25, -0.2) is 22.4 Å². The number of cyclic esters (lactones) is 1. The summed E-state index contributed by atoms with van der Waals surface area (Å²) in [7, 11) is -1.69. The van der Waals surface area contributed by atoms with E-state index >= 15 is 0 Å². The summed E-state index contributed by atoms with van der Waals surface area (Å²) in [5, 5.41) is 0. The highest BCUT2D eigenvalue weighted by Gasteiger charge is 2.38. The molecule has 33 heavy (non-hydrogen) atoms. The predicted molar refractivity (Wildman–Crippen MR) is 113 cm³/mol. The van der Waals surface area contributed by atoms with Crippen LogP contribution in [0.3, 0.4) is 0 Å². The van der Waals surface area contributed by atoms with Gasteiger partial charge < -0.3 is 14.2 Å². The van der Waals surface area contributed by atoms with Crippen LogP contribution in [0.1, 0.15) is 37.2 Å². The Labute approximate surface area is 190 Å². The number of hydrogen-bond donors (Lipinski definition) is 0. The molecule has 1 aliphatic carbocycles. The molecule has 10 nitrogen and oxygen atoms in total. The predicted octanol–water partition coefficient (Wildman–Crippen LogP) is 2.38. The number of carbonyl (C=O) groups is 3. The highest BCUT2D eigenvalue weighted by Crippen LogP contribution is 2.33. The van der Waals surface area contributed by atoms with Crippen LogP contribution in [0.5, 0.6) is 0 Å². The second-order valence-corrected chi connectivity index (χ2v) is 10.8. The Balaban J connectivity index is 1.34. The standard InChI is InChI=1S/C21H25FN2O8S/c1-23(20(26)31-12-30-19(25)14-2-3-14)18-11-24(21(27)32-18)15-4-5-16(17(22)10-15)13-6-8-33(28,29)9-7-13/h4-5,10,13-14,18H,2-3,6-9,11-12H2,1H3/t18-/m0/s1. The summed E-state index contributed by atoms with van der Waals surface area (Å²) >= 11 is 0. The van der Waals surface area contributed by atoms with E-state index in [4.69, 9.17) is 14.2 Å². The molecule has 0 aromatic heterocycles. The first kappa shape index (κ1) is 23.3. The zero-order chi connectivity index (χ0) is 23.8. The highest BCUT2D eigenvalue weighted by molar-refractivity contribution is 7.91. The van der Waals surface area contributed by atoms with Crippen LogP contribution in [0.15, 0.2) is 18.2 Å². The molecule has 2 aliphatic heterocycles. The molecule has 1 atom stereocenters. The second kappa shape index (κ2) is 9.16. The van der Waals surface area contributed by atoms with E-state index in [9.17, 15) is 27.2 Å². The number of anilines is 1. The Morgan fingerprint density at radius 2 is 1.88 bits per heavy atom. The number of benzene rings is 1. The van der Waals surface area contributed by atoms with Gasteiger partial charge in [-0.2, -0.15) is 0 Å². The third kappa shape index (κ3) is 5.37. The van der Waals surface area contributed by atoms with Crippen LogP contribution in [0.4, 0.5) is 19.7 Å². The fraction of sp³-hybridized carbons (Fsp3) is 0.571. The van der Waals surface area contributed by atoms with E-state index in [1.807, 2.05) is 0 Å². The van der Waals surface area contributed by atoms with Crippen molar-refractivity contribution in [2.45, 2.75) is 37.8 Å². The molecule has 2 saturated heterocycles. The molecule has 2 amide bonds. The molecule has 0 N–H and O–H groups in total. The van der Waals surface area contributed by atoms with Crippen LogP contribution in [0, 0.1) is 11.7 Å². The molecule has 3 fully saturated rings. The van der Waals surface area contributed by atoms with Gasteiger partial charge in [0.15, 0.2) is 6.23 Å². The number of esters is 1. The lowest BCUT2D eigenvalue weighted by molar-refractivity contribution is -0.154. The van der Waals surface area contributed by atoms with Crippen LogP contribution >= 0.6 is 0 Å². The van der Waals surface area contributed by atoms with Crippen molar-refractivity contribution < 1.29 is 41.4 Å². The number of sulfone groups is 1. The largest absolute Gasteiger partial charge is 0.428 e. The molecule has 0 unspecified atom stereocenters. The molecule has 2 heterocycles. The van der Waals surface area contributed by atoms with Gasteiger partial charge in [0.05, 0.1) is 29.7 Å². The number of halogens is 1. The molecule has 12 heteroatoms. The number of carbonyl (C=O) groups excluding carboxylic acids is 3. The first-order valence-corrected chi connectivity index (χ1v) is 12.5. The fourth-order valence-corrected chi connectivity index (χ4v) is 5.36. The minimum Gasteiger partial charge on any atom is -0.428 e. The van der Waals surface area contributed by atoms with Crippen LogP contribution in [0.2, 0.25) is 0 Å². The minimum atomic E-state index is -3.06. The molecule has 180 valence electrons. The summed E-state index contributed by atoms with van der Waals surface area (Å²) in [5.41, 5.74) is 0.673. The van der Waals surface area contributed by atoms with E-state index in [0.717, 1.165) is 17.7 Å². The maximum absolute atomic E-state index is 14.8. The molecule has 4 rings (SSSR count). The van der Waals surface area contributed by atoms with Crippen molar-refractivity contribution in [3.63, 3.8) is 0 Å². The topological polar surface area (TPSA) is 120 Å². The summed E-state index contributed by atoms with van der Waals surface area (Å²) in [4.78, 5) is 38.2. The lowest BCUT2D eigenvalue weighted by Gasteiger charge is -2.24. The van der Waals surface area contributed by atoms with E-state index < -0.39 is 46.8 Å². The van der Waals surface area contributed by atoms with Crippen molar-refractivity contribution in [3.8, 4) is 0 Å². The SMILES string of the molecule is CN(C(=O)OCOC(=O)C1CC1)[C@@H]1CN(c2ccc(C3CCS(=O)(=O)CC3)c(F)c2)C(=O)O1. The van der Waals surface area contributed by atoms with Crippen molar-refractivity contribution in [2.75, 3.05) is 36.8 Å². The Hall–Kier alpha value is -2.89. The zero-order valence-electron chi connectivity index (χ0n) is 18.1. The van der Waals surface area contributed by atoms with E-state index in [2.05, 4.69) is 0 Å². The molecule has 0 bridgehead atoms. The van der Waals surface area contributed by atoms with Gasteiger partial charge in [-0.15, -0.1) is 0 Å². The number of ether oxygens (including phenoxy) is 3. The fourth-order valence-electron chi connectivity index (χ4n) is 3.87. The Morgan fingerprint density at radius 1 is 1.18 bits per heavy atom. The van der Waals surface area contributed by atoms with Crippen molar-refractivity contribution in [1.29, 1.82) is 0 Å². The van der Waals surface area contributed by atoms with Gasteiger partial charge in [0.1, 0.15) is 15.7 Å². The van der Waals surface area contributed by atoms with Crippen LogP contribution in [-0.4, -0.2) is 69.6 Å². The summed E-state index contributed by atoms with van der Waals surface area (Å²) in [6.07, 6.45) is -0.321. The van der Waals surface area contributed by atoms with E-state index in [-0.39, 0.29) is 35.6 Å². The molecule has 1 aromatic rings. The molecule has 1 aromatic carbocycles. The first-order valence-electron chi connectivity index (χ1n) is 10.7. The smallest absolute Gasteiger partial charge is 0.416 e. The highest BCUT2D eigenvalue weighted by atomic mass is 32.2. The van der Waals surface area contributed by atoms with Crippen molar-refractivity contribution >= 4 is 33.7 Å². The summed E-state index contributed by atoms with van der Waals surface area (Å²) < 4.78 is 53.0. The number of rotatable bonds is 6. The average Bonchev–Trinajstić information content (AvgIpc) is 3.55. The lowest BCUT2D eigenvalue weighted by Crippen LogP contribution is -2.40. The van der Waals surface area contributed by atoms with Gasteiger partial charge in [-0.05, 0) is 49.3 Å². The Morgan fingerprint density at radius 3 is 2.52 bits per heavy atom. The van der Waals surface area contributed by atoms with Crippen molar-refractivity contribution in [3.05, 3.63) is 29.6 Å². The second-order valence-electron chi connectivity index (χ2n) is 8.46. The van der Waals surface area contributed by atoms with Crippen molar-refractivity contribution in [1.82, 2.24) is 4.90 Å². The quantitative estimate of drug-likeness (QED) is 0.446. The molecule has 0 radical (unpaired) electrons. The first-order chi connectivity index (χ1) is 15.6. The van der Waals surface area contributed by atoms with Gasteiger partial charge in [0, 0.05) is 7.05 Å². The van der Waals surface area contributed by atoms with Gasteiger partial charge in [-0.1, -0.05) is 6.07 Å². The monoisotopic (exact) mass is 484 g/mol. The Kier molecular flexibility index (Phi) is 6.46. The van der Waals surface area contributed by atoms with Gasteiger partial charge in [0.2, 0.25) is 6.79 Å². The maximum Gasteiger partial charge on any atom is 0.416 e. The average molecular weight is 485 g/mol. The summed E-state index contributed by atoms with van der Waals surface area (Å²) in [6, 6.07) is 4.33. The number of hydrogen-bond acceptors (Lipinski definition) is 8. The minimum absolute atomic E-state index is 0.0290. The number of nitrogens with zero attached hydrogens (tertiary/aromatic N) is 2. The molecular weight excluding hydrogens is 459 g/mol. The van der Waals surface area contributed by atoms with Crippen LogP contribution in [0.25, 0.3) is 0 Å². The van der Waals surface area contributed by atoms with Crippen LogP contribution in [-0.2, 0) is 28.8 Å². The summed E-state index contributed by atoms with van der Waals surface area (Å²) in [5.74, 6) is -1.20. The normalized spacial score (nSPS) is 22.5. The van der Waals surface area contributed by atoms with E-state index in [0.29, 0.717) is 18.4 Å². The van der Waals surface area contributed by atoms with E-state index in [1.165, 1.54) is 18.0 Å². The molecule has 0 spiro atoms. The maximum atomic E-state index is 14.8. The van der Waals surface area contributed by atoms with E-state index in [1.54, 1.807) is 12.1 Å². The summed E-state index contributed by atoms with van der Waals surface area (Å²) in [6.45, 7) is -0.579. The Bertz CT molecular complexity index is 1040. The van der Waals surface area contributed by atoms with Gasteiger partial charge in [-0.3, -0.25) is 14.6 Å². The third-order valence-corrected chi connectivity index (χ3v) is 7.82. The zero-order valence-corrected chi connectivity index (χ0v) is 18.9.